The minimum absolute atomic E-state index is 0.0636. The van der Waals surface area contributed by atoms with E-state index in [2.05, 4.69) is 22.5 Å². The molecule has 1 aromatic carbocycles. The average Bonchev–Trinajstić information content (AvgIpc) is 2.67. The molecule has 1 aliphatic carbocycles. The fourth-order valence-electron chi connectivity index (χ4n) is 2.89. The van der Waals surface area contributed by atoms with Crippen molar-refractivity contribution in [1.82, 2.24) is 0 Å². The van der Waals surface area contributed by atoms with Crippen molar-refractivity contribution < 1.29 is 4.79 Å². The van der Waals surface area contributed by atoms with Gasteiger partial charge in [-0.3, -0.25) is 4.79 Å². The van der Waals surface area contributed by atoms with Gasteiger partial charge in [-0.05, 0) is 25.0 Å². The van der Waals surface area contributed by atoms with E-state index in [0.717, 1.165) is 16.9 Å². The number of carbonyl (C=O) groups excluding carboxylic acids is 1. The summed E-state index contributed by atoms with van der Waals surface area (Å²) < 4.78 is 0. The second-order valence-electron chi connectivity index (χ2n) is 5.56. The van der Waals surface area contributed by atoms with Crippen LogP contribution in [0.4, 0.5) is 11.4 Å². The second-order valence-corrected chi connectivity index (χ2v) is 5.56. The molecule has 0 aromatic heterocycles. The first-order valence-electron chi connectivity index (χ1n) is 7.51. The lowest BCUT2D eigenvalue weighted by Gasteiger charge is -2.15. The predicted octanol–water partition coefficient (Wildman–Crippen LogP) is 3.37. The smallest absolute Gasteiger partial charge is 0.226 e. The van der Waals surface area contributed by atoms with Crippen molar-refractivity contribution in [3.63, 3.8) is 0 Å². The molecule has 0 unspecified atom stereocenters. The van der Waals surface area contributed by atoms with Gasteiger partial charge in [0.15, 0.2) is 0 Å². The van der Waals surface area contributed by atoms with Crippen molar-refractivity contribution in [2.24, 2.45) is 5.92 Å². The Kier molecular flexibility index (Phi) is 3.92. The number of hydrogen-bond donors (Lipinski definition) is 2. The van der Waals surface area contributed by atoms with Crippen LogP contribution < -0.4 is 10.6 Å². The van der Waals surface area contributed by atoms with E-state index in [1.54, 1.807) is 0 Å². The van der Waals surface area contributed by atoms with Crippen LogP contribution in [0.1, 0.15) is 44.1 Å². The number of fused-ring (bicyclic) bond motifs is 1. The Balaban J connectivity index is 1.85. The van der Waals surface area contributed by atoms with E-state index >= 15 is 0 Å². The van der Waals surface area contributed by atoms with Crippen LogP contribution in [0.2, 0.25) is 0 Å². The highest BCUT2D eigenvalue weighted by Crippen LogP contribution is 2.28. The van der Waals surface area contributed by atoms with E-state index in [1.165, 1.54) is 32.1 Å². The van der Waals surface area contributed by atoms with Gasteiger partial charge in [0.2, 0.25) is 5.91 Å². The van der Waals surface area contributed by atoms with Gasteiger partial charge in [-0.15, -0.1) is 0 Å². The Hall–Kier alpha value is -1.95. The Morgan fingerprint density at radius 3 is 2.85 bits per heavy atom. The third kappa shape index (κ3) is 2.96. The molecule has 1 aliphatic heterocycles. The molecular weight excluding hydrogens is 248 g/mol. The van der Waals surface area contributed by atoms with Gasteiger partial charge in [0.25, 0.3) is 0 Å². The molecular formula is C17H20N2O. The van der Waals surface area contributed by atoms with Crippen LogP contribution in [0.25, 0.3) is 0 Å². The number of hydrogen-bond acceptors (Lipinski definition) is 2. The summed E-state index contributed by atoms with van der Waals surface area (Å²) in [5.74, 6) is 7.34. The van der Waals surface area contributed by atoms with Gasteiger partial charge >= 0.3 is 0 Å². The molecule has 1 fully saturated rings. The molecule has 0 spiro atoms. The largest absolute Gasteiger partial charge is 0.382 e. The molecule has 20 heavy (non-hydrogen) atoms. The molecule has 0 atom stereocenters. The van der Waals surface area contributed by atoms with E-state index in [4.69, 9.17) is 0 Å². The van der Waals surface area contributed by atoms with Crippen LogP contribution in [0.3, 0.4) is 0 Å². The van der Waals surface area contributed by atoms with Gasteiger partial charge in [-0.1, -0.05) is 37.2 Å². The van der Waals surface area contributed by atoms with E-state index in [9.17, 15) is 4.79 Å². The number of anilines is 2. The van der Waals surface area contributed by atoms with Crippen molar-refractivity contribution in [3.8, 4) is 11.8 Å². The summed E-state index contributed by atoms with van der Waals surface area (Å²) in [6.07, 6.45) is 6.93. The molecule has 0 saturated heterocycles. The van der Waals surface area contributed by atoms with Crippen LogP contribution in [0.15, 0.2) is 18.2 Å². The highest BCUT2D eigenvalue weighted by molar-refractivity contribution is 5.97. The number of para-hydroxylation sites is 1. The summed E-state index contributed by atoms with van der Waals surface area (Å²) in [5, 5.41) is 6.26. The molecule has 3 nitrogen and oxygen atoms in total. The zero-order valence-corrected chi connectivity index (χ0v) is 11.7. The van der Waals surface area contributed by atoms with Crippen molar-refractivity contribution in [1.29, 1.82) is 0 Å². The first-order chi connectivity index (χ1) is 9.83. The molecule has 2 aliphatic rings. The van der Waals surface area contributed by atoms with Crippen LogP contribution >= 0.6 is 0 Å². The number of benzene rings is 1. The molecule has 2 N–H and O–H groups in total. The van der Waals surface area contributed by atoms with Crippen LogP contribution in [0, 0.1) is 17.8 Å². The third-order valence-electron chi connectivity index (χ3n) is 4.01. The number of rotatable bonds is 0. The monoisotopic (exact) mass is 268 g/mol. The topological polar surface area (TPSA) is 41.1 Å². The fraction of sp³-hybridized carbons (Fsp3) is 0.471. The lowest BCUT2D eigenvalue weighted by atomic mass is 9.89. The minimum atomic E-state index is 0.0636. The summed E-state index contributed by atoms with van der Waals surface area (Å²) in [5.41, 5.74) is 2.82. The molecule has 1 heterocycles. The van der Waals surface area contributed by atoms with Gasteiger partial charge in [0.1, 0.15) is 0 Å². The van der Waals surface area contributed by atoms with Crippen LogP contribution in [-0.4, -0.2) is 12.5 Å². The lowest BCUT2D eigenvalue weighted by molar-refractivity contribution is -0.115. The maximum Gasteiger partial charge on any atom is 0.226 e. The first-order valence-corrected chi connectivity index (χ1v) is 7.51. The first kappa shape index (κ1) is 13.1. The van der Waals surface area contributed by atoms with Gasteiger partial charge in [-0.25, -0.2) is 0 Å². The van der Waals surface area contributed by atoms with E-state index in [0.29, 0.717) is 18.9 Å². The van der Waals surface area contributed by atoms with E-state index in [1.807, 2.05) is 18.2 Å². The quantitative estimate of drug-likeness (QED) is 0.708. The minimum Gasteiger partial charge on any atom is -0.382 e. The summed E-state index contributed by atoms with van der Waals surface area (Å²) in [7, 11) is 0. The Morgan fingerprint density at radius 2 is 2.00 bits per heavy atom. The SMILES string of the molecule is O=C1CCNc2c(C#CC3CCCCC3)cccc2N1. The summed E-state index contributed by atoms with van der Waals surface area (Å²) in [6, 6.07) is 5.91. The van der Waals surface area contributed by atoms with Crippen molar-refractivity contribution in [2.75, 3.05) is 17.2 Å². The lowest BCUT2D eigenvalue weighted by Crippen LogP contribution is -2.10. The predicted molar refractivity (Wildman–Crippen MR) is 81.6 cm³/mol. The molecule has 0 radical (unpaired) electrons. The molecule has 104 valence electrons. The third-order valence-corrected chi connectivity index (χ3v) is 4.01. The number of carbonyl (C=O) groups is 1. The molecule has 0 bridgehead atoms. The number of nitrogens with one attached hydrogen (secondary N) is 2. The Bertz CT molecular complexity index is 562. The number of amides is 1. The molecule has 1 saturated carbocycles. The van der Waals surface area contributed by atoms with Crippen LogP contribution in [-0.2, 0) is 4.79 Å². The summed E-state index contributed by atoms with van der Waals surface area (Å²) in [4.78, 5) is 11.6. The Labute approximate surface area is 120 Å². The molecule has 3 heteroatoms. The maximum absolute atomic E-state index is 11.6. The van der Waals surface area contributed by atoms with Crippen molar-refractivity contribution in [2.45, 2.75) is 38.5 Å². The van der Waals surface area contributed by atoms with Crippen molar-refractivity contribution in [3.05, 3.63) is 23.8 Å². The molecule has 1 aromatic rings. The van der Waals surface area contributed by atoms with Crippen molar-refractivity contribution >= 4 is 17.3 Å². The summed E-state index contributed by atoms with van der Waals surface area (Å²) >= 11 is 0. The fourth-order valence-corrected chi connectivity index (χ4v) is 2.89. The van der Waals surface area contributed by atoms with Gasteiger partial charge < -0.3 is 10.6 Å². The van der Waals surface area contributed by atoms with Crippen LogP contribution in [0.5, 0.6) is 0 Å². The van der Waals surface area contributed by atoms with E-state index in [-0.39, 0.29) is 5.91 Å². The highest BCUT2D eigenvalue weighted by atomic mass is 16.1. The normalized spacial score (nSPS) is 18.9. The Morgan fingerprint density at radius 1 is 1.15 bits per heavy atom. The zero-order valence-electron chi connectivity index (χ0n) is 11.7. The van der Waals surface area contributed by atoms with E-state index < -0.39 is 0 Å². The van der Waals surface area contributed by atoms with Gasteiger partial charge in [0.05, 0.1) is 11.4 Å². The molecule has 3 rings (SSSR count). The zero-order chi connectivity index (χ0) is 13.8. The summed E-state index contributed by atoms with van der Waals surface area (Å²) in [6.45, 7) is 0.668. The second kappa shape index (κ2) is 6.00. The average molecular weight is 268 g/mol. The maximum atomic E-state index is 11.6. The highest BCUT2D eigenvalue weighted by Gasteiger charge is 2.14. The van der Waals surface area contributed by atoms with Gasteiger partial charge in [-0.2, -0.15) is 0 Å². The van der Waals surface area contributed by atoms with Gasteiger partial charge in [0, 0.05) is 24.4 Å². The standard InChI is InChI=1S/C17H20N2O/c20-16-11-12-18-17-14(7-4-8-15(17)19-16)10-9-13-5-2-1-3-6-13/h4,7-8,13,18H,1-3,5-6,11-12H2,(H,19,20). The molecule has 1 amide bonds.